The van der Waals surface area contributed by atoms with Crippen molar-refractivity contribution in [1.29, 1.82) is 1.34 Å². The number of carbonyl (C=O) groups is 1. The first kappa shape index (κ1) is 10.8. The van der Waals surface area contributed by atoms with E-state index < -0.39 is 12.3 Å². The van der Waals surface area contributed by atoms with Gasteiger partial charge in [0, 0.05) is 6.29 Å². The largest absolute Gasteiger partial charge is 0.828 e. The van der Waals surface area contributed by atoms with E-state index in [4.69, 9.17) is 11.5 Å². The number of hydrogen-bond acceptors (Lipinski definition) is 3. The van der Waals surface area contributed by atoms with Gasteiger partial charge < -0.3 is 15.3 Å². The second-order valence-corrected chi connectivity index (χ2v) is 2.28. The number of rotatable bonds is 2. The van der Waals surface area contributed by atoms with Gasteiger partial charge in [0.2, 0.25) is 0 Å². The van der Waals surface area contributed by atoms with Crippen molar-refractivity contribution in [1.82, 2.24) is 0 Å². The SMILES string of the molecule is O=C(O)c1ccc(C([O-])O)cc1.[2H][B]C. The number of aliphatic hydroxyl groups excluding tert-OH is 1. The highest BCUT2D eigenvalue weighted by Gasteiger charge is 2.01. The van der Waals surface area contributed by atoms with E-state index in [1.807, 2.05) is 0 Å². The Morgan fingerprint density at radius 2 is 2.00 bits per heavy atom. The molecule has 1 radical (unpaired) electrons. The van der Waals surface area contributed by atoms with Crippen molar-refractivity contribution in [2.45, 2.75) is 13.1 Å². The van der Waals surface area contributed by atoms with Gasteiger partial charge in [-0.15, -0.1) is 0 Å². The van der Waals surface area contributed by atoms with E-state index in [1.165, 1.54) is 32.1 Å². The molecule has 1 rings (SSSR count). The van der Waals surface area contributed by atoms with Gasteiger partial charge in [0.15, 0.2) is 0 Å². The molecule has 0 aliphatic rings. The van der Waals surface area contributed by atoms with Crippen LogP contribution in [0.5, 0.6) is 0 Å². The second kappa shape index (κ2) is 6.18. The summed E-state index contributed by atoms with van der Waals surface area (Å²) in [6, 6.07) is 5.14. The summed E-state index contributed by atoms with van der Waals surface area (Å²) in [7, 11) is 1.25. The van der Waals surface area contributed by atoms with Crippen molar-refractivity contribution >= 4 is 13.8 Å². The average Bonchev–Trinajstić information content (AvgIpc) is 2.19. The molecule has 1 aromatic carbocycles. The van der Waals surface area contributed by atoms with Gasteiger partial charge in [0.25, 0.3) is 0 Å². The van der Waals surface area contributed by atoms with E-state index in [9.17, 15) is 9.90 Å². The maximum Gasteiger partial charge on any atom is 0.335 e. The number of aromatic carboxylic acids is 1. The second-order valence-electron chi connectivity index (χ2n) is 2.28. The van der Waals surface area contributed by atoms with Crippen LogP contribution in [-0.4, -0.2) is 25.3 Å². The van der Waals surface area contributed by atoms with Gasteiger partial charge in [-0.05, 0) is 19.0 Å². The number of benzene rings is 1. The molecule has 0 heterocycles. The van der Waals surface area contributed by atoms with Crippen molar-refractivity contribution in [3.8, 4) is 0 Å². The maximum atomic E-state index is 10.4. The van der Waals surface area contributed by atoms with Crippen molar-refractivity contribution in [2.24, 2.45) is 0 Å². The summed E-state index contributed by atoms with van der Waals surface area (Å²) in [4.78, 5) is 10.3. The van der Waals surface area contributed by atoms with Crippen molar-refractivity contribution < 1.29 is 20.1 Å². The van der Waals surface area contributed by atoms with Gasteiger partial charge in [-0.25, -0.2) is 4.79 Å². The first-order chi connectivity index (χ1) is 7.02. The third kappa shape index (κ3) is 3.59. The highest BCUT2D eigenvalue weighted by Crippen LogP contribution is 2.08. The molecule has 5 heteroatoms. The lowest BCUT2D eigenvalue weighted by Crippen LogP contribution is -2.13. The molecule has 0 bridgehead atoms. The summed E-state index contributed by atoms with van der Waals surface area (Å²) in [5.41, 5.74) is 0.263. The Bertz CT molecular complexity index is 299. The predicted molar refractivity (Wildman–Crippen MR) is 51.4 cm³/mol. The maximum absolute atomic E-state index is 10.4. The number of aliphatic hydroxyl groups is 1. The Balaban J connectivity index is 0.000000583. The minimum absolute atomic E-state index is 0.0967. The van der Waals surface area contributed by atoms with E-state index in [0.717, 1.165) is 0 Å². The van der Waals surface area contributed by atoms with Crippen LogP contribution in [0, 0.1) is 0 Å². The molecule has 0 saturated carbocycles. The average molecular weight is 195 g/mol. The van der Waals surface area contributed by atoms with Crippen LogP contribution < -0.4 is 5.11 Å². The summed E-state index contributed by atoms with van der Waals surface area (Å²) >= 11 is 0. The van der Waals surface area contributed by atoms with Gasteiger partial charge in [-0.3, -0.25) is 0 Å². The Hall–Kier alpha value is -1.33. The summed E-state index contributed by atoms with van der Waals surface area (Å²) in [5.74, 6) is -1.05. The van der Waals surface area contributed by atoms with Crippen molar-refractivity contribution in [2.75, 3.05) is 0 Å². The number of hydrogen-bond donors (Lipinski definition) is 2. The summed E-state index contributed by atoms with van der Waals surface area (Å²) in [6.07, 6.45) is -1.80. The standard InChI is InChI=1S/C8H7O4.CH4B/c9-7(10)5-1-2-6(4-3-5)8(11)12;1-2/h1-4,7,9H,(H,11,12);2H,1H3/q-1;/i;2D. The van der Waals surface area contributed by atoms with Crippen LogP contribution in [0.1, 0.15) is 22.2 Å². The number of carboxylic acids is 1. The first-order valence-electron chi connectivity index (χ1n) is 4.44. The van der Waals surface area contributed by atoms with Crippen LogP contribution in [-0.2, 0) is 0 Å². The quantitative estimate of drug-likeness (QED) is 0.500. The van der Waals surface area contributed by atoms with E-state index in [-0.39, 0.29) is 11.1 Å². The molecule has 0 spiro atoms. The summed E-state index contributed by atoms with van der Waals surface area (Å²) in [5, 5.41) is 27.4. The molecular formula is C9H11BO4-. The smallest absolute Gasteiger partial charge is 0.335 e. The zero-order valence-corrected chi connectivity index (χ0v) is 7.68. The molecule has 14 heavy (non-hydrogen) atoms. The lowest BCUT2D eigenvalue weighted by atomic mass is 10.1. The minimum atomic E-state index is -1.80. The zero-order valence-electron chi connectivity index (χ0n) is 8.68. The normalized spacial score (nSPS) is 11.8. The van der Waals surface area contributed by atoms with Crippen LogP contribution >= 0.6 is 0 Å². The summed E-state index contributed by atoms with van der Waals surface area (Å²) < 4.78 is 6.08. The minimum Gasteiger partial charge on any atom is -0.828 e. The van der Waals surface area contributed by atoms with E-state index in [0.29, 0.717) is 0 Å². The summed E-state index contributed by atoms with van der Waals surface area (Å²) in [6.45, 7) is 1.67. The van der Waals surface area contributed by atoms with E-state index in [2.05, 4.69) is 0 Å². The zero-order chi connectivity index (χ0) is 11.8. The Labute approximate surface area is 84.6 Å². The molecule has 0 aliphatic carbocycles. The highest BCUT2D eigenvalue weighted by atomic mass is 16.5. The molecule has 4 nitrogen and oxygen atoms in total. The lowest BCUT2D eigenvalue weighted by molar-refractivity contribution is -0.490. The fourth-order valence-corrected chi connectivity index (χ4v) is 0.790. The lowest BCUT2D eigenvalue weighted by Gasteiger charge is -2.14. The van der Waals surface area contributed by atoms with Crippen molar-refractivity contribution in [3.05, 3.63) is 35.4 Å². The molecule has 0 aromatic heterocycles. The molecule has 0 amide bonds. The van der Waals surface area contributed by atoms with Crippen molar-refractivity contribution in [3.63, 3.8) is 0 Å². The molecule has 0 fully saturated rings. The molecule has 2 N–H and O–H groups in total. The Morgan fingerprint density at radius 3 is 2.29 bits per heavy atom. The highest BCUT2D eigenvalue weighted by molar-refractivity contribution is 6.05. The molecule has 0 aliphatic heterocycles. The van der Waals surface area contributed by atoms with E-state index >= 15 is 0 Å². The van der Waals surface area contributed by atoms with Crippen LogP contribution in [0.15, 0.2) is 24.3 Å². The van der Waals surface area contributed by atoms with Crippen LogP contribution in [0.2, 0.25) is 6.82 Å². The molecular weight excluding hydrogens is 183 g/mol. The van der Waals surface area contributed by atoms with Gasteiger partial charge in [-0.1, -0.05) is 19.0 Å². The molecule has 0 saturated heterocycles. The van der Waals surface area contributed by atoms with Crippen LogP contribution in [0.25, 0.3) is 0 Å². The molecule has 1 atom stereocenters. The monoisotopic (exact) mass is 195 g/mol. The molecule has 1 unspecified atom stereocenters. The van der Waals surface area contributed by atoms with Gasteiger partial charge in [0.1, 0.15) is 0 Å². The van der Waals surface area contributed by atoms with Gasteiger partial charge >= 0.3 is 5.97 Å². The molecule has 1 aromatic rings. The van der Waals surface area contributed by atoms with Crippen LogP contribution in [0.4, 0.5) is 0 Å². The fourth-order valence-electron chi connectivity index (χ4n) is 0.790. The third-order valence-corrected chi connectivity index (χ3v) is 1.44. The van der Waals surface area contributed by atoms with Gasteiger partial charge in [0.05, 0.1) is 13.4 Å². The molecule has 75 valence electrons. The van der Waals surface area contributed by atoms with Gasteiger partial charge in [-0.2, -0.15) is 0 Å². The number of carboxylic acid groups (broad SMARTS) is 1. The first-order valence-corrected chi connectivity index (χ1v) is 3.86. The topological polar surface area (TPSA) is 80.6 Å². The predicted octanol–water partition coefficient (Wildman–Crippen LogP) is -0.329. The van der Waals surface area contributed by atoms with Crippen LogP contribution in [0.3, 0.4) is 0 Å². The Kier molecular flexibility index (Phi) is 4.75. The fraction of sp³-hybridized carbons (Fsp3) is 0.222. The Morgan fingerprint density at radius 1 is 1.57 bits per heavy atom. The van der Waals surface area contributed by atoms with E-state index in [1.54, 1.807) is 6.82 Å². The third-order valence-electron chi connectivity index (χ3n) is 1.44.